The number of phosphoric acid groups is 3. The summed E-state index contributed by atoms with van der Waals surface area (Å²) in [7, 11) is -15.7. The van der Waals surface area contributed by atoms with E-state index < -0.39 is 76.4 Å². The number of aromatic amines is 1. The van der Waals surface area contributed by atoms with Gasteiger partial charge in [-0.1, -0.05) is 38.7 Å². The molecule has 4 aromatic carbocycles. The number of benzene rings is 4. The van der Waals surface area contributed by atoms with Crippen LogP contribution in [0.3, 0.4) is 0 Å². The van der Waals surface area contributed by atoms with Crippen LogP contribution in [0.5, 0.6) is 17.2 Å². The Balaban J connectivity index is 0.800. The van der Waals surface area contributed by atoms with Crippen molar-refractivity contribution in [3.63, 3.8) is 0 Å². The van der Waals surface area contributed by atoms with E-state index in [-0.39, 0.29) is 70.2 Å². The van der Waals surface area contributed by atoms with Gasteiger partial charge in [-0.2, -0.15) is 13.6 Å². The second kappa shape index (κ2) is 24.6. The number of phosphoric ester groups is 1. The molecule has 6 aromatic rings. The molecule has 0 bridgehead atoms. The molecule has 8 heterocycles. The van der Waals surface area contributed by atoms with Gasteiger partial charge in [-0.05, 0) is 85.4 Å². The third kappa shape index (κ3) is 12.7. The first-order chi connectivity index (χ1) is 43.2. The van der Waals surface area contributed by atoms with Crippen LogP contribution in [0.15, 0.2) is 53.5 Å². The number of aliphatic hydroxyl groups excluding tert-OH is 1. The summed E-state index contributed by atoms with van der Waals surface area (Å²) < 4.78 is 76.8. The summed E-state index contributed by atoms with van der Waals surface area (Å²) in [4.78, 5) is 99.9. The number of aryl methyl sites for hydroxylation is 2. The molecule has 9 N–H and O–H groups in total. The summed E-state index contributed by atoms with van der Waals surface area (Å²) in [5, 5.41) is 29.0. The van der Waals surface area contributed by atoms with Crippen molar-refractivity contribution in [3.8, 4) is 29.1 Å². The van der Waals surface area contributed by atoms with Crippen LogP contribution in [0.1, 0.15) is 136 Å². The minimum absolute atomic E-state index is 0.0490. The van der Waals surface area contributed by atoms with E-state index >= 15 is 0 Å². The number of amides is 1. The van der Waals surface area contributed by atoms with E-state index in [4.69, 9.17) is 39.0 Å². The molecule has 6 atom stereocenters. The van der Waals surface area contributed by atoms with Gasteiger partial charge in [-0.3, -0.25) is 34.0 Å². The average molecular weight is 1310 g/mol. The number of fused-ring (bicyclic) bond motifs is 5. The minimum atomic E-state index is -5.85. The van der Waals surface area contributed by atoms with Crippen LogP contribution in [0.2, 0.25) is 0 Å². The van der Waals surface area contributed by atoms with Crippen molar-refractivity contribution in [1.82, 2.24) is 24.4 Å². The summed E-state index contributed by atoms with van der Waals surface area (Å²) in [5.41, 5.74) is 13.5. The molecule has 1 amide bonds. The average Bonchev–Trinajstić information content (AvgIpc) is 1.21. The number of methoxy groups -OCH3 is 1. The van der Waals surface area contributed by atoms with E-state index in [0.29, 0.717) is 11.1 Å². The maximum atomic E-state index is 14.3. The number of hydrogen-bond donors (Lipinski definition) is 8. The molecule has 31 heteroatoms. The summed E-state index contributed by atoms with van der Waals surface area (Å²) in [6.45, 7) is 7.72. The van der Waals surface area contributed by atoms with Gasteiger partial charge in [0.2, 0.25) is 11.3 Å². The maximum absolute atomic E-state index is 14.3. The molecule has 12 rings (SSSR count). The lowest BCUT2D eigenvalue weighted by Crippen LogP contribution is -2.45. The number of aromatic nitrogens is 3. The number of nitro benzene ring substituents is 1. The summed E-state index contributed by atoms with van der Waals surface area (Å²) in [6, 6.07) is 12.2. The van der Waals surface area contributed by atoms with Crippen LogP contribution in [0.25, 0.3) is 16.6 Å². The van der Waals surface area contributed by atoms with Crippen molar-refractivity contribution < 1.29 is 85.0 Å². The predicted molar refractivity (Wildman–Crippen MR) is 327 cm³/mol. The lowest BCUT2D eigenvalue weighted by atomic mass is 9.81. The summed E-state index contributed by atoms with van der Waals surface area (Å²) in [5.74, 6) is 6.83. The Bertz CT molecular complexity index is 4460. The molecule has 6 aliphatic heterocycles. The van der Waals surface area contributed by atoms with Gasteiger partial charge in [-0.25, -0.2) is 18.3 Å². The molecule has 0 radical (unpaired) electrons. The number of aliphatic hydroxyl groups is 1. The standard InChI is InChI=1S/C60H65N8O20P3/c1-60(2,3)55(83-30-37-28-67(56-49(37)58(72)64-59(61)63-56)48-27-45(70)47(85-48)31-84-90(78,79)88-91(80,81)87-89(75,76)77)41-26-46(82-4)32(25-44(41)68(73)74)10-5-17-62-57(71)35-15-16-36(29-69)40(24-35)50-42-22-33-11-6-18-65-20-8-13-38(51(33)65)53(42)86-54-39-14-9-21-66-19-7-12-34(52(39)66)23-43(50)54/h15-16,22-26,28-29,45,47-48,55,70H,6-9,11-14,17-21,27,30-31H2,1-4H3,(H7-,61,62,63,64,71,72,75,76,77,78,79,80,81)/p+1/t45-,47-,48-,55-/m1/s1. The Hall–Kier alpha value is -7.44. The van der Waals surface area contributed by atoms with Gasteiger partial charge in [0.15, 0.2) is 11.9 Å². The fourth-order valence-electron chi connectivity index (χ4n) is 13.5. The van der Waals surface area contributed by atoms with Crippen molar-refractivity contribution >= 4 is 69.6 Å². The lowest BCUT2D eigenvalue weighted by molar-refractivity contribution is -0.386. The van der Waals surface area contributed by atoms with Crippen molar-refractivity contribution in [2.24, 2.45) is 5.41 Å². The minimum Gasteiger partial charge on any atom is -0.495 e. The number of nitrogens with two attached hydrogens (primary N) is 1. The number of aldehydes is 1. The van der Waals surface area contributed by atoms with Crippen LogP contribution in [-0.4, -0.2) is 115 Å². The Kier molecular flexibility index (Phi) is 17.2. The second-order valence-electron chi connectivity index (χ2n) is 24.2. The van der Waals surface area contributed by atoms with E-state index in [1.165, 1.54) is 63.3 Å². The number of hydrogen-bond acceptors (Lipinski definition) is 19. The van der Waals surface area contributed by atoms with Gasteiger partial charge in [-0.15, -0.1) is 0 Å². The first-order valence-electron chi connectivity index (χ1n) is 29.5. The fourth-order valence-corrected chi connectivity index (χ4v) is 16.5. The highest BCUT2D eigenvalue weighted by Gasteiger charge is 2.44. The zero-order valence-electron chi connectivity index (χ0n) is 49.8. The maximum Gasteiger partial charge on any atom is 0.490 e. The largest absolute Gasteiger partial charge is 0.495 e. The molecular formula is C60H66N8O20P3+. The predicted octanol–water partition coefficient (Wildman–Crippen LogP) is 5.55. The normalized spacial score (nSPS) is 20.0. The van der Waals surface area contributed by atoms with Crippen molar-refractivity contribution in [2.75, 3.05) is 57.1 Å². The van der Waals surface area contributed by atoms with E-state index in [1.807, 2.05) is 0 Å². The van der Waals surface area contributed by atoms with E-state index in [2.05, 4.69) is 57.4 Å². The quantitative estimate of drug-likeness (QED) is 0.0130. The number of carbonyl (C=O) groups excluding carboxylic acids is 2. The number of nitrogens with one attached hydrogen (secondary N) is 2. The Morgan fingerprint density at radius 1 is 0.978 bits per heavy atom. The van der Waals surface area contributed by atoms with Gasteiger partial charge >= 0.3 is 23.5 Å². The van der Waals surface area contributed by atoms with Crippen LogP contribution >= 0.6 is 23.5 Å². The van der Waals surface area contributed by atoms with Gasteiger partial charge < -0.3 is 64.1 Å². The first kappa shape index (κ1) is 63.7. The molecule has 0 aliphatic carbocycles. The van der Waals surface area contributed by atoms with Crippen LogP contribution in [0.4, 0.5) is 17.3 Å². The highest BCUT2D eigenvalue weighted by atomic mass is 31.3. The topological polar surface area (TPSA) is 389 Å². The van der Waals surface area contributed by atoms with Crippen molar-refractivity contribution in [3.05, 3.63) is 141 Å². The molecule has 0 spiro atoms. The Morgan fingerprint density at radius 2 is 1.71 bits per heavy atom. The molecule has 2 unspecified atom stereocenters. The Morgan fingerprint density at radius 3 is 2.44 bits per heavy atom. The van der Waals surface area contributed by atoms with Crippen LogP contribution in [-0.2, 0) is 68.6 Å². The van der Waals surface area contributed by atoms with Crippen LogP contribution < -0.4 is 46.1 Å². The number of carbonyl (C=O) groups is 2. The molecule has 1 fully saturated rings. The molecule has 1 saturated heterocycles. The lowest BCUT2D eigenvalue weighted by Gasteiger charge is -2.39. The zero-order valence-corrected chi connectivity index (χ0v) is 52.5. The number of nitrogen functional groups attached to an aromatic ring is 1. The Labute approximate surface area is 519 Å². The summed E-state index contributed by atoms with van der Waals surface area (Å²) in [6.07, 6.45) is 4.37. The molecule has 480 valence electrons. The van der Waals surface area contributed by atoms with Crippen molar-refractivity contribution in [2.45, 2.75) is 110 Å². The number of nitro groups is 1. The van der Waals surface area contributed by atoms with E-state index in [0.717, 1.165) is 112 Å². The zero-order chi connectivity index (χ0) is 64.6. The molecule has 6 aliphatic rings. The number of ether oxygens (including phenoxy) is 4. The van der Waals surface area contributed by atoms with Crippen LogP contribution in [0, 0.1) is 27.4 Å². The molecule has 0 saturated carbocycles. The highest BCUT2D eigenvalue weighted by Crippen LogP contribution is 2.66. The fraction of sp³-hybridized carbons (Fsp3) is 0.417. The van der Waals surface area contributed by atoms with Gasteiger partial charge in [0.25, 0.3) is 17.2 Å². The van der Waals surface area contributed by atoms with E-state index in [1.54, 1.807) is 39.0 Å². The molecular weight excluding hydrogens is 1250 g/mol. The van der Waals surface area contributed by atoms with Crippen molar-refractivity contribution in [1.29, 1.82) is 0 Å². The SMILES string of the molecule is COc1cc([C@@H](OCc2cn([C@H]3C[C@@H](O)[C@@H](COP(=O)(O)OP(=O)(O)OP(=O)(O)O)O3)c3nc(N)[nH]c(=O)c23)C(C)(C)C)c([N+](=O)[O-])cc1C#CCNC(=O)c1ccc(C=O)c(C2=c3cc4c5c(c3Oc3c2cc2c6c3CCCN6CCC2)CCC[N+]=5CCC4)c1. The number of nitrogens with zero attached hydrogens (tertiary/aromatic N) is 5. The van der Waals surface area contributed by atoms with Gasteiger partial charge in [0, 0.05) is 94.5 Å². The third-order valence-corrected chi connectivity index (χ3v) is 20.9. The highest BCUT2D eigenvalue weighted by molar-refractivity contribution is 7.66. The number of rotatable bonds is 18. The van der Waals surface area contributed by atoms with Gasteiger partial charge in [0.1, 0.15) is 42.7 Å². The van der Waals surface area contributed by atoms with Gasteiger partial charge in [0.05, 0.1) is 66.1 Å². The molecule has 91 heavy (non-hydrogen) atoms. The summed E-state index contributed by atoms with van der Waals surface area (Å²) >= 11 is 0. The number of H-pyrrole nitrogens is 1. The van der Waals surface area contributed by atoms with E-state index in [9.17, 15) is 53.1 Å². The number of anilines is 2. The third-order valence-electron chi connectivity index (χ3n) is 17.1. The second-order valence-corrected chi connectivity index (χ2v) is 28.6. The monoisotopic (exact) mass is 1310 g/mol. The smallest absolute Gasteiger partial charge is 0.490 e. The molecule has 2 aromatic heterocycles. The molecule has 28 nitrogen and oxygen atoms in total. The first-order valence-corrected chi connectivity index (χ1v) is 34.0.